The highest BCUT2D eigenvalue weighted by molar-refractivity contribution is 7.99. The monoisotopic (exact) mass is 488 g/mol. The SMILES string of the molecule is CC(C)(C)C1CCc2c(sc3nc(SCC(=O)c4ccccc4)n(-c4ccccc4)c(=O)c23)C1. The lowest BCUT2D eigenvalue weighted by Gasteiger charge is -2.33. The number of rotatable bonds is 5. The number of hydrogen-bond acceptors (Lipinski definition) is 5. The van der Waals surface area contributed by atoms with Gasteiger partial charge in [0.25, 0.3) is 5.56 Å². The van der Waals surface area contributed by atoms with Crippen LogP contribution < -0.4 is 5.56 Å². The van der Waals surface area contributed by atoms with Gasteiger partial charge < -0.3 is 0 Å². The van der Waals surface area contributed by atoms with Crippen LogP contribution in [0.2, 0.25) is 0 Å². The summed E-state index contributed by atoms with van der Waals surface area (Å²) in [6.45, 7) is 6.90. The smallest absolute Gasteiger partial charge is 0.267 e. The van der Waals surface area contributed by atoms with Gasteiger partial charge in [0.05, 0.1) is 16.8 Å². The first-order valence-electron chi connectivity index (χ1n) is 11.7. The molecule has 1 aliphatic rings. The molecule has 0 bridgehead atoms. The highest BCUT2D eigenvalue weighted by Gasteiger charge is 2.32. The number of thiophene rings is 1. The molecular weight excluding hydrogens is 460 g/mol. The molecule has 1 unspecified atom stereocenters. The van der Waals surface area contributed by atoms with Gasteiger partial charge in [-0.15, -0.1) is 11.3 Å². The maximum absolute atomic E-state index is 13.9. The van der Waals surface area contributed by atoms with Crippen molar-refractivity contribution in [2.24, 2.45) is 11.3 Å². The van der Waals surface area contributed by atoms with E-state index in [0.717, 1.165) is 35.2 Å². The van der Waals surface area contributed by atoms with Gasteiger partial charge in [0.1, 0.15) is 4.83 Å². The minimum Gasteiger partial charge on any atom is -0.293 e. The minimum atomic E-state index is -0.0300. The Morgan fingerprint density at radius 2 is 1.76 bits per heavy atom. The number of thioether (sulfide) groups is 1. The van der Waals surface area contributed by atoms with Crippen molar-refractivity contribution in [3.8, 4) is 5.69 Å². The van der Waals surface area contributed by atoms with Gasteiger partial charge in [-0.2, -0.15) is 0 Å². The number of carbonyl (C=O) groups excluding carboxylic acids is 1. The van der Waals surface area contributed by atoms with Crippen molar-refractivity contribution in [1.82, 2.24) is 9.55 Å². The van der Waals surface area contributed by atoms with Crippen LogP contribution in [0.3, 0.4) is 0 Å². The first-order chi connectivity index (χ1) is 16.3. The molecule has 0 aliphatic heterocycles. The third-order valence-corrected chi connectivity index (χ3v) is 8.81. The Morgan fingerprint density at radius 3 is 2.44 bits per heavy atom. The Morgan fingerprint density at radius 1 is 1.09 bits per heavy atom. The van der Waals surface area contributed by atoms with Crippen LogP contribution >= 0.6 is 23.1 Å². The van der Waals surface area contributed by atoms with Gasteiger partial charge >= 0.3 is 0 Å². The van der Waals surface area contributed by atoms with Crippen molar-refractivity contribution in [2.75, 3.05) is 5.75 Å². The Bertz CT molecular complexity index is 1400. The molecule has 2 aromatic carbocycles. The summed E-state index contributed by atoms with van der Waals surface area (Å²) >= 11 is 2.99. The molecule has 0 saturated carbocycles. The van der Waals surface area contributed by atoms with Crippen molar-refractivity contribution in [3.63, 3.8) is 0 Å². The molecule has 0 fully saturated rings. The Labute approximate surface area is 208 Å². The number of para-hydroxylation sites is 1. The molecule has 174 valence electrons. The van der Waals surface area contributed by atoms with Crippen LogP contribution in [0.5, 0.6) is 0 Å². The minimum absolute atomic E-state index is 0.0260. The zero-order chi connectivity index (χ0) is 23.9. The zero-order valence-corrected chi connectivity index (χ0v) is 21.3. The normalized spacial score (nSPS) is 15.9. The van der Waals surface area contributed by atoms with E-state index in [1.165, 1.54) is 22.2 Å². The summed E-state index contributed by atoms with van der Waals surface area (Å²) < 4.78 is 1.69. The fraction of sp³-hybridized carbons (Fsp3) is 0.321. The van der Waals surface area contributed by atoms with Gasteiger partial charge in [-0.3, -0.25) is 14.2 Å². The van der Waals surface area contributed by atoms with Crippen molar-refractivity contribution in [1.29, 1.82) is 0 Å². The van der Waals surface area contributed by atoms with E-state index in [-0.39, 0.29) is 22.5 Å². The van der Waals surface area contributed by atoms with E-state index in [2.05, 4.69) is 20.8 Å². The largest absolute Gasteiger partial charge is 0.293 e. The molecule has 0 radical (unpaired) electrons. The maximum Gasteiger partial charge on any atom is 0.267 e. The first-order valence-corrected chi connectivity index (χ1v) is 13.5. The molecule has 5 rings (SSSR count). The van der Waals surface area contributed by atoms with Crippen molar-refractivity contribution in [2.45, 2.75) is 45.2 Å². The number of hydrogen-bond donors (Lipinski definition) is 0. The number of aromatic nitrogens is 2. The molecule has 0 amide bonds. The Kier molecular flexibility index (Phi) is 6.21. The van der Waals surface area contributed by atoms with Crippen LogP contribution in [-0.4, -0.2) is 21.1 Å². The Balaban J connectivity index is 1.59. The summed E-state index contributed by atoms with van der Waals surface area (Å²) in [5.74, 6) is 0.853. The number of Topliss-reactive ketones (excluding diaryl/α,β-unsaturated/α-hetero) is 1. The van der Waals surface area contributed by atoms with E-state index in [1.807, 2.05) is 60.7 Å². The average Bonchev–Trinajstić information content (AvgIpc) is 3.21. The van der Waals surface area contributed by atoms with Crippen LogP contribution in [0.25, 0.3) is 15.9 Å². The summed E-state index contributed by atoms with van der Waals surface area (Å²) in [5, 5.41) is 1.33. The summed E-state index contributed by atoms with van der Waals surface area (Å²) in [5.41, 5.74) is 2.84. The molecule has 1 aliphatic carbocycles. The summed E-state index contributed by atoms with van der Waals surface area (Å²) in [6.07, 6.45) is 3.01. The molecule has 0 spiro atoms. The van der Waals surface area contributed by atoms with Crippen LogP contribution in [0, 0.1) is 11.3 Å². The number of carbonyl (C=O) groups is 1. The van der Waals surface area contributed by atoms with Crippen molar-refractivity contribution < 1.29 is 4.79 Å². The molecule has 0 saturated heterocycles. The van der Waals surface area contributed by atoms with E-state index < -0.39 is 0 Å². The van der Waals surface area contributed by atoms with Crippen LogP contribution in [0.1, 0.15) is 48.0 Å². The summed E-state index contributed by atoms with van der Waals surface area (Å²) in [7, 11) is 0. The predicted molar refractivity (Wildman–Crippen MR) is 142 cm³/mol. The third-order valence-electron chi connectivity index (χ3n) is 6.72. The van der Waals surface area contributed by atoms with Crippen molar-refractivity contribution >= 4 is 39.1 Å². The topological polar surface area (TPSA) is 52.0 Å². The third kappa shape index (κ3) is 4.37. The highest BCUT2D eigenvalue weighted by Crippen LogP contribution is 2.42. The maximum atomic E-state index is 13.9. The Hall–Kier alpha value is -2.70. The second-order valence-electron chi connectivity index (χ2n) is 9.94. The van der Waals surface area contributed by atoms with Gasteiger partial charge in [0.15, 0.2) is 10.9 Å². The molecule has 2 heterocycles. The lowest BCUT2D eigenvalue weighted by Crippen LogP contribution is -2.27. The summed E-state index contributed by atoms with van der Waals surface area (Å²) in [4.78, 5) is 33.7. The molecule has 1 atom stereocenters. The fourth-order valence-corrected chi connectivity index (χ4v) is 6.93. The zero-order valence-electron chi connectivity index (χ0n) is 19.7. The highest BCUT2D eigenvalue weighted by atomic mass is 32.2. The second kappa shape index (κ2) is 9.16. The fourth-order valence-electron chi connectivity index (χ4n) is 4.68. The molecule has 4 nitrogen and oxygen atoms in total. The van der Waals surface area contributed by atoms with Gasteiger partial charge in [0, 0.05) is 10.4 Å². The number of benzene rings is 2. The number of ketones is 1. The van der Waals surface area contributed by atoms with Gasteiger partial charge in [-0.1, -0.05) is 81.1 Å². The van der Waals surface area contributed by atoms with Crippen LogP contribution in [0.4, 0.5) is 0 Å². The average molecular weight is 489 g/mol. The van der Waals surface area contributed by atoms with E-state index in [1.54, 1.807) is 15.9 Å². The number of nitrogens with zero attached hydrogens (tertiary/aromatic N) is 2. The molecular formula is C28H28N2O2S2. The molecule has 6 heteroatoms. The van der Waals surface area contributed by atoms with Gasteiger partial charge in [0.2, 0.25) is 0 Å². The van der Waals surface area contributed by atoms with Crippen LogP contribution in [0.15, 0.2) is 70.6 Å². The van der Waals surface area contributed by atoms with Crippen LogP contribution in [-0.2, 0) is 12.8 Å². The van der Waals surface area contributed by atoms with Gasteiger partial charge in [-0.25, -0.2) is 4.98 Å². The molecule has 2 aromatic heterocycles. The molecule has 34 heavy (non-hydrogen) atoms. The lowest BCUT2D eigenvalue weighted by molar-refractivity contribution is 0.102. The standard InChI is InChI=1S/C28H28N2O2S2/c1-28(2,3)19-14-15-21-23(16-19)34-25-24(21)26(32)30(20-12-8-5-9-13-20)27(29-25)33-17-22(31)18-10-6-4-7-11-18/h4-13,19H,14-17H2,1-3H3. The quantitative estimate of drug-likeness (QED) is 0.181. The van der Waals surface area contributed by atoms with Gasteiger partial charge in [-0.05, 0) is 48.3 Å². The number of fused-ring (bicyclic) bond motifs is 3. The van der Waals surface area contributed by atoms with E-state index in [0.29, 0.717) is 16.6 Å². The summed E-state index contributed by atoms with van der Waals surface area (Å²) in [6, 6.07) is 18.9. The lowest BCUT2D eigenvalue weighted by atomic mass is 9.72. The van der Waals surface area contributed by atoms with E-state index in [9.17, 15) is 9.59 Å². The van der Waals surface area contributed by atoms with E-state index in [4.69, 9.17) is 4.98 Å². The predicted octanol–water partition coefficient (Wildman–Crippen LogP) is 6.57. The second-order valence-corrected chi connectivity index (χ2v) is 12.0. The molecule has 0 N–H and O–H groups in total. The first kappa shape index (κ1) is 23.1. The molecule has 4 aromatic rings. The van der Waals surface area contributed by atoms with Crippen molar-refractivity contribution in [3.05, 3.63) is 87.0 Å². The number of aryl methyl sites for hydroxylation is 1. The van der Waals surface area contributed by atoms with E-state index >= 15 is 0 Å².